The van der Waals surface area contributed by atoms with Crippen LogP contribution in [0.5, 0.6) is 0 Å². The second-order valence-corrected chi connectivity index (χ2v) is 6.31. The van der Waals surface area contributed by atoms with E-state index in [1.165, 1.54) is 5.56 Å². The summed E-state index contributed by atoms with van der Waals surface area (Å²) in [6, 6.07) is 14.6. The lowest BCUT2D eigenvalue weighted by atomic mass is 10.1. The largest absolute Gasteiger partial charge is 0.397 e. The van der Waals surface area contributed by atoms with Crippen molar-refractivity contribution in [3.63, 3.8) is 0 Å². The van der Waals surface area contributed by atoms with Crippen LogP contribution >= 0.6 is 38.5 Å². The molecule has 0 aliphatic heterocycles. The third-order valence-corrected chi connectivity index (χ3v) is 3.96. The summed E-state index contributed by atoms with van der Waals surface area (Å²) in [5, 5.41) is 3.43. The second-order valence-electron chi connectivity index (χ2n) is 4.15. The number of benzene rings is 2. The van der Waals surface area contributed by atoms with Gasteiger partial charge in [-0.2, -0.15) is 0 Å². The van der Waals surface area contributed by atoms with Gasteiger partial charge in [0.05, 0.1) is 11.4 Å². The highest BCUT2D eigenvalue weighted by Crippen LogP contribution is 2.26. The molecular weight excluding hydrogens is 403 g/mol. The van der Waals surface area contributed by atoms with Gasteiger partial charge in [-0.3, -0.25) is 0 Å². The number of anilines is 2. The molecule has 2 aromatic rings. The fourth-order valence-corrected chi connectivity index (χ4v) is 2.51. The van der Waals surface area contributed by atoms with Crippen LogP contribution < -0.4 is 11.1 Å². The zero-order valence-corrected chi connectivity index (χ0v) is 13.7. The molecule has 2 rings (SSSR count). The van der Waals surface area contributed by atoms with Crippen LogP contribution in [0.3, 0.4) is 0 Å². The molecule has 0 aromatic heterocycles. The lowest BCUT2D eigenvalue weighted by Crippen LogP contribution is -2.08. The van der Waals surface area contributed by atoms with Crippen LogP contribution in [0.15, 0.2) is 46.9 Å². The first kappa shape index (κ1) is 13.7. The summed E-state index contributed by atoms with van der Waals surface area (Å²) < 4.78 is 2.24. The number of nitrogens with two attached hydrogens (primary N) is 1. The van der Waals surface area contributed by atoms with Crippen molar-refractivity contribution in [1.82, 2.24) is 0 Å². The predicted molar refractivity (Wildman–Crippen MR) is 89.8 cm³/mol. The predicted octanol–water partition coefficient (Wildman–Crippen LogP) is 4.81. The van der Waals surface area contributed by atoms with Crippen LogP contribution in [0.2, 0.25) is 0 Å². The first-order chi connectivity index (χ1) is 8.56. The number of hydrogen-bond acceptors (Lipinski definition) is 2. The van der Waals surface area contributed by atoms with Crippen molar-refractivity contribution in [3.8, 4) is 0 Å². The van der Waals surface area contributed by atoms with E-state index >= 15 is 0 Å². The van der Waals surface area contributed by atoms with Gasteiger partial charge in [-0.05, 0) is 65.4 Å². The normalized spacial score (nSPS) is 12.2. The molecule has 0 fully saturated rings. The van der Waals surface area contributed by atoms with Gasteiger partial charge in [0.25, 0.3) is 0 Å². The van der Waals surface area contributed by atoms with E-state index in [4.69, 9.17) is 5.73 Å². The molecule has 2 aromatic carbocycles. The molecule has 1 atom stereocenters. The Bertz CT molecular complexity index is 540. The second kappa shape index (κ2) is 5.93. The first-order valence-corrected chi connectivity index (χ1v) is 7.50. The van der Waals surface area contributed by atoms with E-state index in [0.717, 1.165) is 19.4 Å². The fraction of sp³-hybridized carbons (Fsp3) is 0.143. The van der Waals surface area contributed by atoms with Gasteiger partial charge in [-0.25, -0.2) is 0 Å². The first-order valence-electron chi connectivity index (χ1n) is 5.63. The smallest absolute Gasteiger partial charge is 0.0579 e. The number of nitrogen functional groups attached to an aromatic ring is 1. The number of rotatable bonds is 3. The van der Waals surface area contributed by atoms with Crippen LogP contribution in [0.1, 0.15) is 18.5 Å². The maximum atomic E-state index is 6.00. The van der Waals surface area contributed by atoms with Gasteiger partial charge in [-0.1, -0.05) is 28.1 Å². The Morgan fingerprint density at radius 2 is 1.83 bits per heavy atom. The molecule has 0 amide bonds. The molecule has 18 heavy (non-hydrogen) atoms. The van der Waals surface area contributed by atoms with Gasteiger partial charge < -0.3 is 11.1 Å². The van der Waals surface area contributed by atoms with E-state index in [2.05, 4.69) is 62.9 Å². The van der Waals surface area contributed by atoms with Gasteiger partial charge in [0.15, 0.2) is 0 Å². The fourth-order valence-electron chi connectivity index (χ4n) is 1.73. The van der Waals surface area contributed by atoms with Gasteiger partial charge >= 0.3 is 0 Å². The van der Waals surface area contributed by atoms with E-state index < -0.39 is 0 Å². The average Bonchev–Trinajstić information content (AvgIpc) is 2.33. The maximum absolute atomic E-state index is 6.00. The van der Waals surface area contributed by atoms with Crippen molar-refractivity contribution in [1.29, 1.82) is 0 Å². The molecule has 1 unspecified atom stereocenters. The summed E-state index contributed by atoms with van der Waals surface area (Å²) in [7, 11) is 0. The summed E-state index contributed by atoms with van der Waals surface area (Å²) in [5.41, 5.74) is 8.99. The van der Waals surface area contributed by atoms with Crippen molar-refractivity contribution in [2.45, 2.75) is 13.0 Å². The van der Waals surface area contributed by atoms with Crippen LogP contribution in [-0.4, -0.2) is 0 Å². The maximum Gasteiger partial charge on any atom is 0.0579 e. The Kier molecular flexibility index (Phi) is 4.50. The minimum Gasteiger partial charge on any atom is -0.397 e. The minimum atomic E-state index is 0.223. The van der Waals surface area contributed by atoms with E-state index in [1.807, 2.05) is 30.3 Å². The lowest BCUT2D eigenvalue weighted by Gasteiger charge is -2.17. The molecule has 0 saturated carbocycles. The average molecular weight is 417 g/mol. The molecule has 0 radical (unpaired) electrons. The van der Waals surface area contributed by atoms with Crippen molar-refractivity contribution in [2.24, 2.45) is 0 Å². The molecule has 3 N–H and O–H groups in total. The molecule has 94 valence electrons. The van der Waals surface area contributed by atoms with Crippen molar-refractivity contribution < 1.29 is 0 Å². The third-order valence-electron chi connectivity index (χ3n) is 2.76. The number of halogens is 2. The molecule has 0 heterocycles. The van der Waals surface area contributed by atoms with Gasteiger partial charge in [0, 0.05) is 14.1 Å². The molecule has 0 saturated heterocycles. The highest BCUT2D eigenvalue weighted by Gasteiger charge is 2.07. The van der Waals surface area contributed by atoms with Gasteiger partial charge in [0.2, 0.25) is 0 Å². The molecular formula is C14H14BrIN2. The van der Waals surface area contributed by atoms with Crippen molar-refractivity contribution in [2.75, 3.05) is 11.1 Å². The topological polar surface area (TPSA) is 38.0 Å². The Hall–Kier alpha value is -0.750. The minimum absolute atomic E-state index is 0.223. The Morgan fingerprint density at radius 1 is 1.17 bits per heavy atom. The van der Waals surface area contributed by atoms with Crippen LogP contribution in [0.4, 0.5) is 11.4 Å². The quantitative estimate of drug-likeness (QED) is 0.556. The highest BCUT2D eigenvalue weighted by atomic mass is 127. The monoisotopic (exact) mass is 416 g/mol. The summed E-state index contributed by atoms with van der Waals surface area (Å²) in [5.74, 6) is 0. The summed E-state index contributed by atoms with van der Waals surface area (Å²) in [6.07, 6.45) is 0. The molecule has 0 aliphatic carbocycles. The lowest BCUT2D eigenvalue weighted by molar-refractivity contribution is 0.885. The number of hydrogen-bond donors (Lipinski definition) is 2. The summed E-state index contributed by atoms with van der Waals surface area (Å²) >= 11 is 5.70. The van der Waals surface area contributed by atoms with E-state index in [-0.39, 0.29) is 6.04 Å². The van der Waals surface area contributed by atoms with E-state index in [9.17, 15) is 0 Å². The Morgan fingerprint density at radius 3 is 2.44 bits per heavy atom. The van der Waals surface area contributed by atoms with Crippen LogP contribution in [-0.2, 0) is 0 Å². The van der Waals surface area contributed by atoms with Crippen LogP contribution in [0, 0.1) is 3.57 Å². The molecule has 0 bridgehead atoms. The summed E-state index contributed by atoms with van der Waals surface area (Å²) in [4.78, 5) is 0. The van der Waals surface area contributed by atoms with E-state index in [0.29, 0.717) is 0 Å². The Balaban J connectivity index is 2.15. The molecule has 0 spiro atoms. The Labute approximate surface area is 129 Å². The molecule has 2 nitrogen and oxygen atoms in total. The SMILES string of the molecule is CC(Nc1ccc(I)cc1N)c1ccc(Br)cc1. The molecule has 4 heteroatoms. The van der Waals surface area contributed by atoms with Crippen molar-refractivity contribution in [3.05, 3.63) is 56.1 Å². The third kappa shape index (κ3) is 3.38. The zero-order chi connectivity index (χ0) is 13.1. The van der Waals surface area contributed by atoms with Crippen molar-refractivity contribution >= 4 is 49.9 Å². The highest BCUT2D eigenvalue weighted by molar-refractivity contribution is 14.1. The van der Waals surface area contributed by atoms with E-state index in [1.54, 1.807) is 0 Å². The summed E-state index contributed by atoms with van der Waals surface area (Å²) in [6.45, 7) is 2.13. The number of nitrogens with one attached hydrogen (secondary N) is 1. The van der Waals surface area contributed by atoms with Crippen LogP contribution in [0.25, 0.3) is 0 Å². The molecule has 0 aliphatic rings. The van der Waals surface area contributed by atoms with Gasteiger partial charge in [0.1, 0.15) is 0 Å². The van der Waals surface area contributed by atoms with Gasteiger partial charge in [-0.15, -0.1) is 0 Å². The standard InChI is InChI=1S/C14H14BrIN2/c1-9(10-2-4-11(15)5-3-10)18-14-7-6-12(16)8-13(14)17/h2-9,18H,17H2,1H3. The zero-order valence-electron chi connectivity index (χ0n) is 9.95.